The highest BCUT2D eigenvalue weighted by Crippen LogP contribution is 2.26. The van der Waals surface area contributed by atoms with Crippen LogP contribution in [-0.4, -0.2) is 41.7 Å². The number of rotatable bonds is 6. The van der Waals surface area contributed by atoms with Gasteiger partial charge in [0.15, 0.2) is 0 Å². The van der Waals surface area contributed by atoms with Crippen molar-refractivity contribution >= 4 is 5.91 Å². The summed E-state index contributed by atoms with van der Waals surface area (Å²) in [6.07, 6.45) is 1.90. The van der Waals surface area contributed by atoms with E-state index in [1.165, 1.54) is 0 Å². The van der Waals surface area contributed by atoms with Crippen molar-refractivity contribution in [1.82, 2.24) is 10.2 Å². The van der Waals surface area contributed by atoms with Crippen LogP contribution in [0, 0.1) is 0 Å². The molecule has 2 N–H and O–H groups in total. The van der Waals surface area contributed by atoms with Gasteiger partial charge in [-0.3, -0.25) is 9.69 Å². The topological polar surface area (TPSA) is 61.8 Å². The lowest BCUT2D eigenvalue weighted by Crippen LogP contribution is -2.35. The zero-order valence-electron chi connectivity index (χ0n) is 12.8. The van der Waals surface area contributed by atoms with Crippen molar-refractivity contribution in [3.8, 4) is 11.5 Å². The number of phenols is 1. The molecule has 0 radical (unpaired) electrons. The van der Waals surface area contributed by atoms with Crippen LogP contribution in [0.15, 0.2) is 18.2 Å². The number of aromatic hydroxyl groups is 1. The molecule has 1 aliphatic heterocycles. The summed E-state index contributed by atoms with van der Waals surface area (Å²) in [6, 6.07) is 5.70. The summed E-state index contributed by atoms with van der Waals surface area (Å²) in [5.41, 5.74) is 0.891. The van der Waals surface area contributed by atoms with Crippen molar-refractivity contribution in [3.63, 3.8) is 0 Å². The number of likely N-dealkylation sites (tertiary alicyclic amines) is 1. The van der Waals surface area contributed by atoms with Crippen LogP contribution in [0.5, 0.6) is 11.5 Å². The first kappa shape index (κ1) is 15.6. The largest absolute Gasteiger partial charge is 0.507 e. The van der Waals surface area contributed by atoms with Crippen molar-refractivity contribution in [3.05, 3.63) is 23.8 Å². The second kappa shape index (κ2) is 7.31. The van der Waals surface area contributed by atoms with E-state index >= 15 is 0 Å². The van der Waals surface area contributed by atoms with Crippen molar-refractivity contribution in [1.29, 1.82) is 0 Å². The molecule has 0 aliphatic carbocycles. The average molecular weight is 292 g/mol. The first-order valence-electron chi connectivity index (χ1n) is 7.52. The number of hydrogen-bond acceptors (Lipinski definition) is 4. The number of phenolic OH excluding ortho intramolecular Hbond substituents is 1. The molecule has 1 unspecified atom stereocenters. The number of hydrogen-bond donors (Lipinski definition) is 2. The van der Waals surface area contributed by atoms with Crippen LogP contribution in [0.3, 0.4) is 0 Å². The lowest BCUT2D eigenvalue weighted by Gasteiger charge is -2.17. The van der Waals surface area contributed by atoms with Gasteiger partial charge in [0.05, 0.1) is 6.61 Å². The minimum Gasteiger partial charge on any atom is -0.507 e. The molecule has 0 bridgehead atoms. The Morgan fingerprint density at radius 2 is 2.33 bits per heavy atom. The number of benzene rings is 1. The van der Waals surface area contributed by atoms with Gasteiger partial charge in [0, 0.05) is 44.2 Å². The number of nitrogens with zero attached hydrogens (tertiary/aromatic N) is 1. The van der Waals surface area contributed by atoms with Gasteiger partial charge >= 0.3 is 0 Å². The molecule has 1 aromatic rings. The summed E-state index contributed by atoms with van der Waals surface area (Å²) in [5, 5.41) is 13.0. The molecular formula is C16H24N2O3. The van der Waals surface area contributed by atoms with Crippen LogP contribution in [0.1, 0.15) is 32.3 Å². The number of carbonyl (C=O) groups excluding carboxylic acids is 1. The predicted molar refractivity (Wildman–Crippen MR) is 81.4 cm³/mol. The fraction of sp³-hybridized carbons (Fsp3) is 0.562. The maximum atomic E-state index is 11.1. The lowest BCUT2D eigenvalue weighted by atomic mass is 10.2. The average Bonchev–Trinajstić information content (AvgIpc) is 2.85. The van der Waals surface area contributed by atoms with E-state index in [1.54, 1.807) is 13.0 Å². The van der Waals surface area contributed by atoms with Crippen LogP contribution < -0.4 is 10.1 Å². The molecule has 2 rings (SSSR count). The van der Waals surface area contributed by atoms with Gasteiger partial charge in [0.25, 0.3) is 0 Å². The molecule has 116 valence electrons. The Morgan fingerprint density at radius 3 is 3.00 bits per heavy atom. The summed E-state index contributed by atoms with van der Waals surface area (Å²) in [6.45, 7) is 6.70. The van der Waals surface area contributed by atoms with E-state index in [2.05, 4.69) is 10.2 Å². The van der Waals surface area contributed by atoms with Crippen LogP contribution >= 0.6 is 0 Å². The number of carbonyl (C=O) groups is 1. The van der Waals surface area contributed by atoms with Crippen LogP contribution in [0.25, 0.3) is 0 Å². The van der Waals surface area contributed by atoms with Gasteiger partial charge in [0.2, 0.25) is 5.91 Å². The zero-order chi connectivity index (χ0) is 15.2. The monoisotopic (exact) mass is 292 g/mol. The minimum absolute atomic E-state index is 0.0159. The summed E-state index contributed by atoms with van der Waals surface area (Å²) < 4.78 is 5.50. The van der Waals surface area contributed by atoms with Crippen molar-refractivity contribution in [2.45, 2.75) is 39.3 Å². The Hall–Kier alpha value is -1.75. The van der Waals surface area contributed by atoms with E-state index in [0.29, 0.717) is 18.9 Å². The molecular weight excluding hydrogens is 268 g/mol. The van der Waals surface area contributed by atoms with Gasteiger partial charge in [-0.25, -0.2) is 0 Å². The van der Waals surface area contributed by atoms with Gasteiger partial charge < -0.3 is 15.2 Å². The van der Waals surface area contributed by atoms with Crippen molar-refractivity contribution in [2.24, 2.45) is 0 Å². The fourth-order valence-corrected chi connectivity index (χ4v) is 2.61. The molecule has 21 heavy (non-hydrogen) atoms. The van der Waals surface area contributed by atoms with E-state index in [1.807, 2.05) is 19.1 Å². The smallest absolute Gasteiger partial charge is 0.217 e. The first-order valence-corrected chi connectivity index (χ1v) is 7.52. The minimum atomic E-state index is 0.0159. The molecule has 1 aromatic carbocycles. The van der Waals surface area contributed by atoms with Crippen molar-refractivity contribution < 1.29 is 14.6 Å². The molecule has 5 nitrogen and oxygen atoms in total. The maximum Gasteiger partial charge on any atom is 0.217 e. The molecule has 1 heterocycles. The number of amides is 1. The summed E-state index contributed by atoms with van der Waals surface area (Å²) in [7, 11) is 0. The summed E-state index contributed by atoms with van der Waals surface area (Å²) in [4.78, 5) is 13.3. The Bertz CT molecular complexity index is 490. The Balaban J connectivity index is 1.90. The second-order valence-electron chi connectivity index (χ2n) is 5.56. The first-order chi connectivity index (χ1) is 10.1. The molecule has 0 saturated carbocycles. The molecule has 0 spiro atoms. The third-order valence-electron chi connectivity index (χ3n) is 3.60. The lowest BCUT2D eigenvalue weighted by molar-refractivity contribution is -0.119. The fourth-order valence-electron chi connectivity index (χ4n) is 2.61. The third kappa shape index (κ3) is 4.63. The van der Waals surface area contributed by atoms with Crippen LogP contribution in [-0.2, 0) is 11.3 Å². The standard InChI is InChI=1S/C16H24N2O3/c1-3-8-21-15-5-4-13(16(20)9-15)10-18-7-6-14(11-18)17-12(2)19/h4-5,9,14,20H,3,6-8,10-11H2,1-2H3,(H,17,19). The summed E-state index contributed by atoms with van der Waals surface area (Å²) in [5.74, 6) is 0.990. The number of ether oxygens (including phenoxy) is 1. The predicted octanol–water partition coefficient (Wildman–Crippen LogP) is 1.89. The zero-order valence-corrected chi connectivity index (χ0v) is 12.8. The quantitative estimate of drug-likeness (QED) is 0.840. The van der Waals surface area contributed by atoms with Gasteiger partial charge in [-0.15, -0.1) is 0 Å². The van der Waals surface area contributed by atoms with E-state index in [0.717, 1.165) is 31.5 Å². The second-order valence-corrected chi connectivity index (χ2v) is 5.56. The van der Waals surface area contributed by atoms with Gasteiger partial charge in [0.1, 0.15) is 11.5 Å². The summed E-state index contributed by atoms with van der Waals surface area (Å²) >= 11 is 0. The van der Waals surface area contributed by atoms with E-state index in [-0.39, 0.29) is 17.7 Å². The molecule has 1 saturated heterocycles. The van der Waals surface area contributed by atoms with Crippen LogP contribution in [0.2, 0.25) is 0 Å². The number of nitrogens with one attached hydrogen (secondary N) is 1. The SMILES string of the molecule is CCCOc1ccc(CN2CCC(NC(C)=O)C2)c(O)c1. The normalized spacial score (nSPS) is 18.7. The van der Waals surface area contributed by atoms with Gasteiger partial charge in [-0.05, 0) is 18.9 Å². The third-order valence-corrected chi connectivity index (χ3v) is 3.60. The van der Waals surface area contributed by atoms with E-state index in [4.69, 9.17) is 4.74 Å². The molecule has 1 atom stereocenters. The van der Waals surface area contributed by atoms with Gasteiger partial charge in [-0.1, -0.05) is 13.0 Å². The molecule has 1 fully saturated rings. The Morgan fingerprint density at radius 1 is 1.52 bits per heavy atom. The highest BCUT2D eigenvalue weighted by molar-refractivity contribution is 5.73. The van der Waals surface area contributed by atoms with Gasteiger partial charge in [-0.2, -0.15) is 0 Å². The Labute approximate surface area is 125 Å². The highest BCUT2D eigenvalue weighted by atomic mass is 16.5. The molecule has 5 heteroatoms. The molecule has 1 aliphatic rings. The van der Waals surface area contributed by atoms with Crippen LogP contribution in [0.4, 0.5) is 0 Å². The molecule has 0 aromatic heterocycles. The van der Waals surface area contributed by atoms with Crippen molar-refractivity contribution in [2.75, 3.05) is 19.7 Å². The van der Waals surface area contributed by atoms with E-state index in [9.17, 15) is 9.90 Å². The maximum absolute atomic E-state index is 11.1. The highest BCUT2D eigenvalue weighted by Gasteiger charge is 2.23. The van der Waals surface area contributed by atoms with E-state index < -0.39 is 0 Å². The Kier molecular flexibility index (Phi) is 5.44. The molecule has 1 amide bonds.